The molecule has 0 aliphatic rings. The first-order valence-corrected chi connectivity index (χ1v) is 11.9. The molecule has 2 aromatic heterocycles. The Morgan fingerprint density at radius 2 is 1.84 bits per heavy atom. The van der Waals surface area contributed by atoms with Crippen LogP contribution in [0.1, 0.15) is 44.4 Å². The van der Waals surface area contributed by atoms with Crippen molar-refractivity contribution in [3.8, 4) is 5.75 Å². The Labute approximate surface area is 195 Å². The van der Waals surface area contributed by atoms with Gasteiger partial charge in [0, 0.05) is 6.04 Å². The summed E-state index contributed by atoms with van der Waals surface area (Å²) < 4.78 is 8.04. The number of nitrogens with zero attached hydrogens (tertiary/aromatic N) is 4. The maximum atomic E-state index is 12.4. The van der Waals surface area contributed by atoms with Crippen LogP contribution in [0.4, 0.5) is 0 Å². The Bertz CT molecular complexity index is 1270. The standard InChI is InChI=1S/C23H24ClN5O2S/c1-3-15(4-2)29-21(13-31-19-12-8-6-10-17(19)24)27-28-23(29)32-14-20-25-18-11-7-5-9-16(18)22(30)26-20/h5-12,15H,3-4,13-14H2,1-2H3,(H,25,26,30). The molecule has 7 nitrogen and oxygen atoms in total. The van der Waals surface area contributed by atoms with Gasteiger partial charge in [-0.1, -0.05) is 61.5 Å². The number of rotatable bonds is 9. The molecule has 0 fully saturated rings. The Balaban J connectivity index is 1.57. The van der Waals surface area contributed by atoms with E-state index in [-0.39, 0.29) is 18.2 Å². The first kappa shape index (κ1) is 22.4. The molecule has 0 bridgehead atoms. The van der Waals surface area contributed by atoms with Gasteiger partial charge < -0.3 is 14.3 Å². The number of thioether (sulfide) groups is 1. The number of hydrogen-bond acceptors (Lipinski definition) is 6. The van der Waals surface area contributed by atoms with Crippen molar-refractivity contribution in [2.45, 2.75) is 50.2 Å². The number of aromatic amines is 1. The van der Waals surface area contributed by atoms with Gasteiger partial charge in [-0.2, -0.15) is 0 Å². The van der Waals surface area contributed by atoms with E-state index in [1.807, 2.05) is 36.4 Å². The van der Waals surface area contributed by atoms with Crippen molar-refractivity contribution in [1.82, 2.24) is 24.7 Å². The van der Waals surface area contributed by atoms with Gasteiger partial charge in [-0.05, 0) is 37.1 Å². The van der Waals surface area contributed by atoms with E-state index in [1.165, 1.54) is 11.8 Å². The summed E-state index contributed by atoms with van der Waals surface area (Å²) in [7, 11) is 0. The smallest absolute Gasteiger partial charge is 0.258 e. The van der Waals surface area contributed by atoms with Crippen molar-refractivity contribution in [2.75, 3.05) is 0 Å². The molecule has 9 heteroatoms. The normalized spacial score (nSPS) is 11.4. The maximum absolute atomic E-state index is 12.4. The second-order valence-corrected chi connectivity index (χ2v) is 8.63. The van der Waals surface area contributed by atoms with E-state index < -0.39 is 0 Å². The van der Waals surface area contributed by atoms with E-state index in [2.05, 4.69) is 38.6 Å². The van der Waals surface area contributed by atoms with Crippen LogP contribution >= 0.6 is 23.4 Å². The molecule has 32 heavy (non-hydrogen) atoms. The minimum absolute atomic E-state index is 0.138. The monoisotopic (exact) mass is 469 g/mol. The quantitative estimate of drug-likeness (QED) is 0.330. The van der Waals surface area contributed by atoms with Crippen LogP contribution in [0, 0.1) is 0 Å². The number of ether oxygens (including phenoxy) is 1. The van der Waals surface area contributed by atoms with Crippen molar-refractivity contribution in [1.29, 1.82) is 0 Å². The second kappa shape index (κ2) is 10.2. The Hall–Kier alpha value is -2.84. The zero-order valence-corrected chi connectivity index (χ0v) is 19.5. The number of hydrogen-bond donors (Lipinski definition) is 1. The molecular formula is C23H24ClN5O2S. The van der Waals surface area contributed by atoms with E-state index in [1.54, 1.807) is 12.1 Å². The molecule has 0 unspecified atom stereocenters. The van der Waals surface area contributed by atoms with Gasteiger partial charge in [0.1, 0.15) is 18.2 Å². The van der Waals surface area contributed by atoms with Crippen LogP contribution in [-0.2, 0) is 12.4 Å². The van der Waals surface area contributed by atoms with Gasteiger partial charge in [0.05, 0.1) is 21.7 Å². The predicted molar refractivity (Wildman–Crippen MR) is 127 cm³/mol. The van der Waals surface area contributed by atoms with Crippen LogP contribution in [-0.4, -0.2) is 24.7 Å². The molecular weight excluding hydrogens is 446 g/mol. The lowest BCUT2D eigenvalue weighted by Gasteiger charge is -2.19. The fourth-order valence-corrected chi connectivity index (χ4v) is 4.65. The molecule has 0 aliphatic heterocycles. The minimum atomic E-state index is -0.138. The van der Waals surface area contributed by atoms with Gasteiger partial charge in [0.2, 0.25) is 0 Å². The highest BCUT2D eigenvalue weighted by atomic mass is 35.5. The molecule has 2 heterocycles. The molecule has 0 spiro atoms. The predicted octanol–water partition coefficient (Wildman–Crippen LogP) is 5.40. The maximum Gasteiger partial charge on any atom is 0.258 e. The van der Waals surface area contributed by atoms with E-state index in [0.717, 1.165) is 23.8 Å². The summed E-state index contributed by atoms with van der Waals surface area (Å²) in [6.45, 7) is 4.55. The minimum Gasteiger partial charge on any atom is -0.484 e. The lowest BCUT2D eigenvalue weighted by Crippen LogP contribution is -2.15. The highest BCUT2D eigenvalue weighted by molar-refractivity contribution is 7.98. The van der Waals surface area contributed by atoms with Crippen molar-refractivity contribution in [3.05, 3.63) is 75.6 Å². The van der Waals surface area contributed by atoms with Crippen molar-refractivity contribution in [2.24, 2.45) is 0 Å². The highest BCUT2D eigenvalue weighted by Gasteiger charge is 2.20. The van der Waals surface area contributed by atoms with E-state index in [4.69, 9.17) is 16.3 Å². The third-order valence-electron chi connectivity index (χ3n) is 5.24. The molecule has 0 aliphatic carbocycles. The van der Waals surface area contributed by atoms with Gasteiger partial charge in [-0.15, -0.1) is 10.2 Å². The molecule has 0 amide bonds. The highest BCUT2D eigenvalue weighted by Crippen LogP contribution is 2.29. The van der Waals surface area contributed by atoms with E-state index >= 15 is 0 Å². The number of aromatic nitrogens is 5. The molecule has 4 rings (SSSR count). The van der Waals surface area contributed by atoms with Gasteiger partial charge in [0.25, 0.3) is 5.56 Å². The zero-order chi connectivity index (χ0) is 22.5. The summed E-state index contributed by atoms with van der Waals surface area (Å²) >= 11 is 7.71. The summed E-state index contributed by atoms with van der Waals surface area (Å²) in [5.74, 6) is 2.43. The van der Waals surface area contributed by atoms with E-state index in [0.29, 0.717) is 33.3 Å². The van der Waals surface area contributed by atoms with Gasteiger partial charge >= 0.3 is 0 Å². The number of para-hydroxylation sites is 2. The molecule has 1 N–H and O–H groups in total. The topological polar surface area (TPSA) is 85.7 Å². The summed E-state index contributed by atoms with van der Waals surface area (Å²) in [5, 5.41) is 10.7. The number of benzene rings is 2. The molecule has 0 atom stereocenters. The van der Waals surface area contributed by atoms with Crippen LogP contribution in [0.3, 0.4) is 0 Å². The van der Waals surface area contributed by atoms with E-state index in [9.17, 15) is 4.79 Å². The summed E-state index contributed by atoms with van der Waals surface area (Å²) in [4.78, 5) is 19.8. The Morgan fingerprint density at radius 1 is 1.09 bits per heavy atom. The fourth-order valence-electron chi connectivity index (χ4n) is 3.57. The first-order valence-electron chi connectivity index (χ1n) is 10.5. The Kier molecular flexibility index (Phi) is 7.12. The third-order valence-corrected chi connectivity index (χ3v) is 6.50. The SMILES string of the molecule is CCC(CC)n1c(COc2ccccc2Cl)nnc1SCc1nc2ccccc2c(=O)[nH]1. The molecule has 166 valence electrons. The number of halogens is 1. The summed E-state index contributed by atoms with van der Waals surface area (Å²) in [6.07, 6.45) is 1.87. The van der Waals surface area contributed by atoms with Crippen LogP contribution in [0.15, 0.2) is 58.5 Å². The molecule has 4 aromatic rings. The van der Waals surface area contributed by atoms with Crippen molar-refractivity contribution >= 4 is 34.3 Å². The van der Waals surface area contributed by atoms with Crippen LogP contribution < -0.4 is 10.3 Å². The largest absolute Gasteiger partial charge is 0.484 e. The van der Waals surface area contributed by atoms with Crippen LogP contribution in [0.25, 0.3) is 10.9 Å². The lowest BCUT2D eigenvalue weighted by molar-refractivity contribution is 0.278. The molecule has 0 saturated heterocycles. The fraction of sp³-hybridized carbons (Fsp3) is 0.304. The van der Waals surface area contributed by atoms with Crippen molar-refractivity contribution in [3.63, 3.8) is 0 Å². The lowest BCUT2D eigenvalue weighted by atomic mass is 10.2. The van der Waals surface area contributed by atoms with Gasteiger partial charge in [-0.25, -0.2) is 4.98 Å². The molecule has 0 saturated carbocycles. The zero-order valence-electron chi connectivity index (χ0n) is 17.9. The van der Waals surface area contributed by atoms with Crippen LogP contribution in [0.5, 0.6) is 5.75 Å². The molecule has 2 aromatic carbocycles. The average molecular weight is 470 g/mol. The van der Waals surface area contributed by atoms with Gasteiger partial charge in [-0.3, -0.25) is 4.79 Å². The summed E-state index contributed by atoms with van der Waals surface area (Å²) in [6, 6.07) is 14.9. The Morgan fingerprint density at radius 3 is 2.62 bits per heavy atom. The average Bonchev–Trinajstić information content (AvgIpc) is 3.21. The molecule has 0 radical (unpaired) electrons. The number of nitrogens with one attached hydrogen (secondary N) is 1. The first-order chi connectivity index (χ1) is 15.6. The summed E-state index contributed by atoms with van der Waals surface area (Å²) in [5.41, 5.74) is 0.545. The third kappa shape index (κ3) is 4.81. The van der Waals surface area contributed by atoms with Gasteiger partial charge in [0.15, 0.2) is 11.0 Å². The number of fused-ring (bicyclic) bond motifs is 1. The number of H-pyrrole nitrogens is 1. The van der Waals surface area contributed by atoms with Crippen LogP contribution in [0.2, 0.25) is 5.02 Å². The van der Waals surface area contributed by atoms with Crippen molar-refractivity contribution < 1.29 is 4.74 Å². The second-order valence-electron chi connectivity index (χ2n) is 7.28.